The molecule has 4 unspecified atom stereocenters. The standard InChI is InChI=1S/C32H60N2O3S/c1-7-10-24(2)28-13-14-29-27-12-11-25-23-26(15-17-31(25,3)30(27)16-18-32(28,29)4)33-19-8-20-34(5,6)21-9-22-38(35,36)37/h24-30,33H,7-23H2,1-6H3/t24-,25?,26-,27?,28-,29?,30?,31+,32-/m1/s1. The fourth-order valence-electron chi connectivity index (χ4n) is 10.7. The first kappa shape index (κ1) is 30.8. The van der Waals surface area contributed by atoms with Crippen LogP contribution in [0, 0.1) is 46.3 Å². The van der Waals surface area contributed by atoms with Crippen LogP contribution < -0.4 is 5.32 Å². The molecule has 4 aliphatic rings. The highest BCUT2D eigenvalue weighted by atomic mass is 32.2. The predicted octanol–water partition coefficient (Wildman–Crippen LogP) is 6.44. The first-order chi connectivity index (χ1) is 17.8. The molecule has 38 heavy (non-hydrogen) atoms. The minimum Gasteiger partial charge on any atom is -0.748 e. The Morgan fingerprint density at radius 2 is 1.63 bits per heavy atom. The van der Waals surface area contributed by atoms with E-state index in [0.29, 0.717) is 23.3 Å². The van der Waals surface area contributed by atoms with E-state index in [1.54, 1.807) is 0 Å². The van der Waals surface area contributed by atoms with Crippen LogP contribution in [0.4, 0.5) is 0 Å². The Morgan fingerprint density at radius 1 is 0.947 bits per heavy atom. The summed E-state index contributed by atoms with van der Waals surface area (Å²) in [6.07, 6.45) is 17.3. The van der Waals surface area contributed by atoms with E-state index in [1.165, 1.54) is 70.6 Å². The van der Waals surface area contributed by atoms with E-state index in [-0.39, 0.29) is 5.75 Å². The molecule has 0 aromatic carbocycles. The van der Waals surface area contributed by atoms with Gasteiger partial charge in [-0.2, -0.15) is 0 Å². The number of hydrogen-bond donors (Lipinski definition) is 1. The van der Waals surface area contributed by atoms with E-state index in [0.717, 1.165) is 66.0 Å². The first-order valence-electron chi connectivity index (χ1n) is 16.3. The Bertz CT molecular complexity index is 891. The summed E-state index contributed by atoms with van der Waals surface area (Å²) >= 11 is 0. The van der Waals surface area contributed by atoms with Gasteiger partial charge < -0.3 is 14.4 Å². The molecule has 4 aliphatic carbocycles. The van der Waals surface area contributed by atoms with Crippen LogP contribution in [-0.4, -0.2) is 63.0 Å². The molecule has 6 heteroatoms. The second kappa shape index (κ2) is 12.0. The molecule has 222 valence electrons. The average Bonchev–Trinajstić information content (AvgIpc) is 3.18. The molecule has 0 bridgehead atoms. The molecule has 4 saturated carbocycles. The molecule has 0 aromatic rings. The van der Waals surface area contributed by atoms with Gasteiger partial charge in [0.25, 0.3) is 0 Å². The van der Waals surface area contributed by atoms with Crippen molar-refractivity contribution in [2.75, 3.05) is 39.5 Å². The van der Waals surface area contributed by atoms with Crippen molar-refractivity contribution >= 4 is 10.1 Å². The molecule has 0 radical (unpaired) electrons. The van der Waals surface area contributed by atoms with Gasteiger partial charge in [0, 0.05) is 31.2 Å². The zero-order valence-corrected chi connectivity index (χ0v) is 26.5. The molecular formula is C32H60N2O3S. The van der Waals surface area contributed by atoms with Crippen molar-refractivity contribution in [2.24, 2.45) is 46.3 Å². The predicted molar refractivity (Wildman–Crippen MR) is 157 cm³/mol. The van der Waals surface area contributed by atoms with Crippen molar-refractivity contribution in [3.8, 4) is 0 Å². The largest absolute Gasteiger partial charge is 0.748 e. The van der Waals surface area contributed by atoms with Crippen molar-refractivity contribution < 1.29 is 17.5 Å². The summed E-state index contributed by atoms with van der Waals surface area (Å²) in [7, 11) is 0.197. The van der Waals surface area contributed by atoms with Gasteiger partial charge in [0.1, 0.15) is 0 Å². The molecule has 0 amide bonds. The molecule has 9 atom stereocenters. The van der Waals surface area contributed by atoms with Crippen LogP contribution in [0.25, 0.3) is 0 Å². The molecule has 5 nitrogen and oxygen atoms in total. The molecule has 4 fully saturated rings. The summed E-state index contributed by atoms with van der Waals surface area (Å²) in [5.74, 6) is 5.42. The van der Waals surface area contributed by atoms with Crippen molar-refractivity contribution in [2.45, 2.75) is 117 Å². The third-order valence-corrected chi connectivity index (χ3v) is 13.5. The molecular weight excluding hydrogens is 492 g/mol. The topological polar surface area (TPSA) is 69.2 Å². The molecule has 0 spiro atoms. The molecule has 0 heterocycles. The highest BCUT2D eigenvalue weighted by Crippen LogP contribution is 2.68. The van der Waals surface area contributed by atoms with Crippen LogP contribution in [0.15, 0.2) is 0 Å². The minimum absolute atomic E-state index is 0.241. The molecule has 0 saturated heterocycles. The number of nitrogens with one attached hydrogen (secondary N) is 1. The fraction of sp³-hybridized carbons (Fsp3) is 1.00. The number of nitrogens with zero attached hydrogens (tertiary/aromatic N) is 1. The monoisotopic (exact) mass is 552 g/mol. The zero-order valence-electron chi connectivity index (χ0n) is 25.6. The van der Waals surface area contributed by atoms with Gasteiger partial charge in [-0.25, -0.2) is 8.42 Å². The number of quaternary nitrogens is 1. The number of rotatable bonds is 12. The summed E-state index contributed by atoms with van der Waals surface area (Å²) in [6, 6.07) is 0.658. The minimum atomic E-state index is -4.10. The van der Waals surface area contributed by atoms with Gasteiger partial charge in [-0.3, -0.25) is 0 Å². The summed E-state index contributed by atoms with van der Waals surface area (Å²) in [5.41, 5.74) is 1.16. The summed E-state index contributed by atoms with van der Waals surface area (Å²) in [4.78, 5) is 0. The maximum atomic E-state index is 10.9. The zero-order chi connectivity index (χ0) is 27.8. The third kappa shape index (κ3) is 6.65. The lowest BCUT2D eigenvalue weighted by atomic mass is 9.44. The van der Waals surface area contributed by atoms with E-state index in [4.69, 9.17) is 0 Å². The van der Waals surface area contributed by atoms with Gasteiger partial charge in [-0.15, -0.1) is 0 Å². The van der Waals surface area contributed by atoms with Crippen LogP contribution in [0.5, 0.6) is 0 Å². The van der Waals surface area contributed by atoms with E-state index in [2.05, 4.69) is 47.1 Å². The van der Waals surface area contributed by atoms with Crippen molar-refractivity contribution in [3.05, 3.63) is 0 Å². The number of fused-ring (bicyclic) bond motifs is 5. The maximum absolute atomic E-state index is 10.9. The van der Waals surface area contributed by atoms with Gasteiger partial charge in [-0.05, 0) is 104 Å². The van der Waals surface area contributed by atoms with Gasteiger partial charge in [0.05, 0.1) is 37.3 Å². The molecule has 0 aliphatic heterocycles. The van der Waals surface area contributed by atoms with Crippen LogP contribution in [0.1, 0.15) is 111 Å². The summed E-state index contributed by atoms with van der Waals surface area (Å²) in [5, 5.41) is 3.91. The normalized spacial score (nSPS) is 40.3. The van der Waals surface area contributed by atoms with Crippen LogP contribution in [0.2, 0.25) is 0 Å². The van der Waals surface area contributed by atoms with Gasteiger partial charge in [-0.1, -0.05) is 40.5 Å². The lowest BCUT2D eigenvalue weighted by molar-refractivity contribution is -0.890. The second-order valence-corrected chi connectivity index (χ2v) is 17.0. The maximum Gasteiger partial charge on any atom is 0.0948 e. The highest BCUT2D eigenvalue weighted by molar-refractivity contribution is 7.85. The lowest BCUT2D eigenvalue weighted by Crippen LogP contribution is -2.55. The Morgan fingerprint density at radius 3 is 2.34 bits per heavy atom. The van der Waals surface area contributed by atoms with Crippen LogP contribution in [-0.2, 0) is 10.1 Å². The SMILES string of the molecule is CCC[C@@H](C)[C@H]1CCC2C3CCC4C[C@H](NCCC[N+](C)(C)CCCS(=O)(=O)[O-])CC[C@]4(C)C3CC[C@@]21C. The van der Waals surface area contributed by atoms with E-state index >= 15 is 0 Å². The van der Waals surface area contributed by atoms with Gasteiger partial charge in [0.15, 0.2) is 0 Å². The van der Waals surface area contributed by atoms with Gasteiger partial charge >= 0.3 is 0 Å². The Hall–Kier alpha value is -0.170. The average molecular weight is 553 g/mol. The Kier molecular flexibility index (Phi) is 9.70. The van der Waals surface area contributed by atoms with Crippen molar-refractivity contribution in [1.29, 1.82) is 0 Å². The third-order valence-electron chi connectivity index (χ3n) is 12.7. The second-order valence-electron chi connectivity index (χ2n) is 15.4. The summed E-state index contributed by atoms with van der Waals surface area (Å²) < 4.78 is 33.5. The van der Waals surface area contributed by atoms with E-state index in [1.807, 2.05) is 0 Å². The molecule has 1 N–H and O–H groups in total. The fourth-order valence-corrected chi connectivity index (χ4v) is 11.2. The molecule has 4 rings (SSSR count). The lowest BCUT2D eigenvalue weighted by Gasteiger charge is -2.61. The molecule has 0 aromatic heterocycles. The first-order valence-corrected chi connectivity index (χ1v) is 17.9. The van der Waals surface area contributed by atoms with E-state index < -0.39 is 10.1 Å². The van der Waals surface area contributed by atoms with Crippen LogP contribution >= 0.6 is 0 Å². The Labute approximate surface area is 235 Å². The van der Waals surface area contributed by atoms with Crippen LogP contribution in [0.3, 0.4) is 0 Å². The van der Waals surface area contributed by atoms with Crippen molar-refractivity contribution in [1.82, 2.24) is 5.32 Å². The number of hydrogen-bond acceptors (Lipinski definition) is 4. The smallest absolute Gasteiger partial charge is 0.0948 e. The van der Waals surface area contributed by atoms with Crippen molar-refractivity contribution in [3.63, 3.8) is 0 Å². The quantitative estimate of drug-likeness (QED) is 0.172. The van der Waals surface area contributed by atoms with Gasteiger partial charge in [0.2, 0.25) is 0 Å². The summed E-state index contributed by atoms with van der Waals surface area (Å²) in [6.45, 7) is 13.1. The highest BCUT2D eigenvalue weighted by Gasteiger charge is 2.60. The van der Waals surface area contributed by atoms with E-state index in [9.17, 15) is 13.0 Å². The Balaban J connectivity index is 1.26.